The van der Waals surface area contributed by atoms with Crippen LogP contribution in [0.3, 0.4) is 0 Å². The second kappa shape index (κ2) is 6.21. The zero-order chi connectivity index (χ0) is 13.8. The van der Waals surface area contributed by atoms with Gasteiger partial charge in [0.1, 0.15) is 0 Å². The molecular weight excluding hydrogens is 250 g/mol. The van der Waals surface area contributed by atoms with Crippen LogP contribution in [0.1, 0.15) is 36.2 Å². The molecule has 2 N–H and O–H groups in total. The third-order valence-electron chi connectivity index (χ3n) is 3.03. The van der Waals surface area contributed by atoms with Gasteiger partial charge in [0, 0.05) is 23.7 Å². The van der Waals surface area contributed by atoms with Gasteiger partial charge in [0.05, 0.1) is 0 Å². The number of hydrogen-bond donors (Lipinski definition) is 2. The molecule has 0 atom stereocenters. The number of aliphatic hydroxyl groups excluding tert-OH is 1. The van der Waals surface area contributed by atoms with Gasteiger partial charge < -0.3 is 10.4 Å². The highest BCUT2D eigenvalue weighted by Gasteiger charge is 2.19. The molecule has 0 aliphatic carbocycles. The van der Waals surface area contributed by atoms with Gasteiger partial charge in [0.25, 0.3) is 5.91 Å². The first-order valence-corrected chi connectivity index (χ1v) is 6.39. The van der Waals surface area contributed by atoms with Crippen molar-refractivity contribution in [1.82, 2.24) is 5.32 Å². The Hall–Kier alpha value is -1.06. The van der Waals surface area contributed by atoms with E-state index in [1.807, 2.05) is 20.8 Å². The Morgan fingerprint density at radius 1 is 1.44 bits per heavy atom. The largest absolute Gasteiger partial charge is 0.396 e. The lowest BCUT2D eigenvalue weighted by Crippen LogP contribution is -2.34. The molecule has 0 fully saturated rings. The molecule has 0 spiro atoms. The molecule has 0 saturated carbocycles. The molecule has 4 heteroatoms. The molecule has 1 aromatic rings. The molecule has 1 rings (SSSR count). The van der Waals surface area contributed by atoms with E-state index in [-0.39, 0.29) is 17.9 Å². The number of hydrogen-bond acceptors (Lipinski definition) is 2. The first-order chi connectivity index (χ1) is 8.37. The topological polar surface area (TPSA) is 49.3 Å². The molecule has 0 aromatic heterocycles. The van der Waals surface area contributed by atoms with Crippen molar-refractivity contribution in [3.8, 4) is 0 Å². The molecular formula is C14H20ClNO2. The van der Waals surface area contributed by atoms with E-state index in [0.29, 0.717) is 23.6 Å². The van der Waals surface area contributed by atoms with Gasteiger partial charge in [0.15, 0.2) is 0 Å². The van der Waals surface area contributed by atoms with Crippen LogP contribution < -0.4 is 5.32 Å². The van der Waals surface area contributed by atoms with Crippen molar-refractivity contribution in [2.75, 3.05) is 13.2 Å². The van der Waals surface area contributed by atoms with Crippen LogP contribution in [0, 0.1) is 12.3 Å². The molecule has 0 radical (unpaired) electrons. The van der Waals surface area contributed by atoms with Crippen molar-refractivity contribution in [1.29, 1.82) is 0 Å². The number of benzene rings is 1. The van der Waals surface area contributed by atoms with E-state index < -0.39 is 0 Å². The van der Waals surface area contributed by atoms with E-state index in [9.17, 15) is 4.79 Å². The lowest BCUT2D eigenvalue weighted by Gasteiger charge is -2.24. The van der Waals surface area contributed by atoms with Crippen molar-refractivity contribution >= 4 is 17.5 Å². The normalized spacial score (nSPS) is 11.4. The molecule has 0 unspecified atom stereocenters. The highest BCUT2D eigenvalue weighted by Crippen LogP contribution is 2.20. The van der Waals surface area contributed by atoms with Gasteiger partial charge in [-0.15, -0.1) is 0 Å². The third-order valence-corrected chi connectivity index (χ3v) is 3.44. The van der Waals surface area contributed by atoms with Gasteiger partial charge >= 0.3 is 0 Å². The van der Waals surface area contributed by atoms with E-state index in [4.69, 9.17) is 16.7 Å². The number of amides is 1. The van der Waals surface area contributed by atoms with Crippen LogP contribution in [0.25, 0.3) is 0 Å². The Morgan fingerprint density at radius 3 is 2.72 bits per heavy atom. The summed E-state index contributed by atoms with van der Waals surface area (Å²) in [5.41, 5.74) is 1.27. The van der Waals surface area contributed by atoms with Crippen LogP contribution >= 0.6 is 11.6 Å². The maximum Gasteiger partial charge on any atom is 0.251 e. The molecule has 0 heterocycles. The van der Waals surface area contributed by atoms with E-state index in [1.165, 1.54) is 0 Å². The Labute approximate surface area is 113 Å². The van der Waals surface area contributed by atoms with Crippen LogP contribution in [0.4, 0.5) is 0 Å². The standard InChI is InChI=1S/C14H20ClNO2/c1-10-11(5-4-6-12(10)15)13(18)16-9-14(2,3)7-8-17/h4-6,17H,7-9H2,1-3H3,(H,16,18). The zero-order valence-corrected chi connectivity index (χ0v) is 11.8. The van der Waals surface area contributed by atoms with Gasteiger partial charge in [-0.3, -0.25) is 4.79 Å². The summed E-state index contributed by atoms with van der Waals surface area (Å²) in [5, 5.41) is 12.4. The Balaban J connectivity index is 2.69. The van der Waals surface area contributed by atoms with Crippen molar-refractivity contribution < 1.29 is 9.90 Å². The average Bonchev–Trinajstić information content (AvgIpc) is 2.30. The van der Waals surface area contributed by atoms with Gasteiger partial charge in [0.2, 0.25) is 0 Å². The van der Waals surface area contributed by atoms with E-state index in [2.05, 4.69) is 5.32 Å². The summed E-state index contributed by atoms with van der Waals surface area (Å²) in [5.74, 6) is -0.124. The molecule has 0 bridgehead atoms. The Kier molecular flexibility index (Phi) is 5.17. The second-order valence-corrected chi connectivity index (χ2v) is 5.64. The summed E-state index contributed by atoms with van der Waals surface area (Å²) < 4.78 is 0. The van der Waals surface area contributed by atoms with Crippen LogP contribution in [-0.2, 0) is 0 Å². The Morgan fingerprint density at radius 2 is 2.11 bits per heavy atom. The Bertz CT molecular complexity index is 430. The summed E-state index contributed by atoms with van der Waals surface area (Å²) in [4.78, 5) is 12.0. The van der Waals surface area contributed by atoms with Crippen molar-refractivity contribution in [3.05, 3.63) is 34.3 Å². The first-order valence-electron chi connectivity index (χ1n) is 6.01. The maximum absolute atomic E-state index is 12.0. The fraction of sp³-hybridized carbons (Fsp3) is 0.500. The molecule has 0 saturated heterocycles. The maximum atomic E-state index is 12.0. The van der Waals surface area contributed by atoms with Gasteiger partial charge in [-0.25, -0.2) is 0 Å². The lowest BCUT2D eigenvalue weighted by molar-refractivity contribution is 0.0927. The predicted octanol–water partition coefficient (Wildman–Crippen LogP) is 2.79. The van der Waals surface area contributed by atoms with Crippen molar-refractivity contribution in [2.45, 2.75) is 27.2 Å². The number of carbonyl (C=O) groups excluding carboxylic acids is 1. The fourth-order valence-electron chi connectivity index (χ4n) is 1.66. The molecule has 18 heavy (non-hydrogen) atoms. The third kappa shape index (κ3) is 4.00. The molecule has 3 nitrogen and oxygen atoms in total. The number of carbonyl (C=O) groups is 1. The van der Waals surface area contributed by atoms with Crippen LogP contribution in [0.5, 0.6) is 0 Å². The lowest BCUT2D eigenvalue weighted by atomic mass is 9.89. The van der Waals surface area contributed by atoms with Gasteiger partial charge in [-0.1, -0.05) is 31.5 Å². The smallest absolute Gasteiger partial charge is 0.251 e. The predicted molar refractivity (Wildman–Crippen MR) is 74.0 cm³/mol. The first kappa shape index (κ1) is 15.0. The quantitative estimate of drug-likeness (QED) is 0.864. The van der Waals surface area contributed by atoms with Gasteiger partial charge in [-0.05, 0) is 36.5 Å². The van der Waals surface area contributed by atoms with E-state index in [0.717, 1.165) is 5.56 Å². The minimum absolute atomic E-state index is 0.114. The second-order valence-electron chi connectivity index (χ2n) is 5.23. The molecule has 0 aliphatic rings. The molecule has 100 valence electrons. The summed E-state index contributed by atoms with van der Waals surface area (Å²) in [6, 6.07) is 5.29. The average molecular weight is 270 g/mol. The molecule has 1 aromatic carbocycles. The highest BCUT2D eigenvalue weighted by atomic mass is 35.5. The van der Waals surface area contributed by atoms with E-state index in [1.54, 1.807) is 18.2 Å². The molecule has 0 aliphatic heterocycles. The van der Waals surface area contributed by atoms with E-state index >= 15 is 0 Å². The summed E-state index contributed by atoms with van der Waals surface area (Å²) in [7, 11) is 0. The summed E-state index contributed by atoms with van der Waals surface area (Å²) >= 11 is 5.98. The van der Waals surface area contributed by atoms with Crippen LogP contribution in [0.15, 0.2) is 18.2 Å². The number of nitrogens with one attached hydrogen (secondary N) is 1. The van der Waals surface area contributed by atoms with Crippen LogP contribution in [-0.4, -0.2) is 24.2 Å². The molecule has 1 amide bonds. The number of halogens is 1. The minimum atomic E-state index is -0.124. The summed E-state index contributed by atoms with van der Waals surface area (Å²) in [6.07, 6.45) is 0.655. The monoisotopic (exact) mass is 269 g/mol. The van der Waals surface area contributed by atoms with Crippen molar-refractivity contribution in [2.24, 2.45) is 5.41 Å². The SMILES string of the molecule is Cc1c(Cl)cccc1C(=O)NCC(C)(C)CCO. The number of aliphatic hydroxyl groups is 1. The van der Waals surface area contributed by atoms with Crippen LogP contribution in [0.2, 0.25) is 5.02 Å². The zero-order valence-electron chi connectivity index (χ0n) is 11.1. The minimum Gasteiger partial charge on any atom is -0.396 e. The number of rotatable bonds is 5. The van der Waals surface area contributed by atoms with Gasteiger partial charge in [-0.2, -0.15) is 0 Å². The summed E-state index contributed by atoms with van der Waals surface area (Å²) in [6.45, 7) is 6.50. The van der Waals surface area contributed by atoms with Crippen molar-refractivity contribution in [3.63, 3.8) is 0 Å². The highest BCUT2D eigenvalue weighted by molar-refractivity contribution is 6.31. The fourth-order valence-corrected chi connectivity index (χ4v) is 1.83.